The number of aryl methyl sites for hydroxylation is 1. The summed E-state index contributed by atoms with van der Waals surface area (Å²) in [6, 6.07) is 18.3. The van der Waals surface area contributed by atoms with Gasteiger partial charge in [0, 0.05) is 17.2 Å². The average Bonchev–Trinajstić information content (AvgIpc) is 2.78. The highest BCUT2D eigenvalue weighted by molar-refractivity contribution is 7.98. The number of Topliss-reactive ketones (excluding diaryl/α,β-unsaturated/α-hetero) is 1. The quantitative estimate of drug-likeness (QED) is 0.649. The third kappa shape index (κ3) is 2.37. The molecular formula is C17H15NOS. The minimum atomic E-state index is 0.0854. The minimum Gasteiger partial charge on any atom is -0.293 e. The molecule has 3 rings (SSSR count). The van der Waals surface area contributed by atoms with Crippen LogP contribution in [0.3, 0.4) is 0 Å². The molecule has 0 N–H and O–H groups in total. The zero-order valence-corrected chi connectivity index (χ0v) is 12.3. The first-order valence-corrected chi connectivity index (χ1v) is 7.29. The van der Waals surface area contributed by atoms with Gasteiger partial charge in [-0.05, 0) is 49.2 Å². The van der Waals surface area contributed by atoms with E-state index >= 15 is 0 Å². The van der Waals surface area contributed by atoms with Gasteiger partial charge in [0.25, 0.3) is 0 Å². The lowest BCUT2D eigenvalue weighted by Crippen LogP contribution is -1.99. The van der Waals surface area contributed by atoms with Crippen molar-refractivity contribution in [3.63, 3.8) is 0 Å². The summed E-state index contributed by atoms with van der Waals surface area (Å²) in [5.74, 6) is 0.0854. The van der Waals surface area contributed by atoms with Gasteiger partial charge in [-0.25, -0.2) is 0 Å². The van der Waals surface area contributed by atoms with E-state index in [9.17, 15) is 4.79 Å². The molecule has 0 saturated heterocycles. The lowest BCUT2D eigenvalue weighted by atomic mass is 10.2. The van der Waals surface area contributed by atoms with E-state index in [4.69, 9.17) is 0 Å². The molecule has 2 nitrogen and oxygen atoms in total. The molecule has 1 aromatic heterocycles. The van der Waals surface area contributed by atoms with Crippen molar-refractivity contribution in [2.45, 2.75) is 18.7 Å². The van der Waals surface area contributed by atoms with Gasteiger partial charge in [0.05, 0.1) is 11.2 Å². The number of fused-ring (bicyclic) bond motifs is 1. The standard InChI is InChI=1S/C17H15NOS/c1-12-8-9-16-14(10-12)11-17(13(2)19)18(16)20-15-6-4-3-5-7-15/h3-11H,1-2H3. The van der Waals surface area contributed by atoms with Crippen LogP contribution in [0, 0.1) is 6.92 Å². The molecule has 0 fully saturated rings. The molecule has 0 atom stereocenters. The summed E-state index contributed by atoms with van der Waals surface area (Å²) in [6.45, 7) is 3.68. The molecule has 0 spiro atoms. The summed E-state index contributed by atoms with van der Waals surface area (Å²) in [7, 11) is 0. The number of rotatable bonds is 3. The topological polar surface area (TPSA) is 22.0 Å². The molecule has 0 aliphatic rings. The number of carbonyl (C=O) groups excluding carboxylic acids is 1. The van der Waals surface area contributed by atoms with Gasteiger partial charge >= 0.3 is 0 Å². The van der Waals surface area contributed by atoms with Crippen LogP contribution in [0.1, 0.15) is 23.0 Å². The van der Waals surface area contributed by atoms with Crippen LogP contribution in [-0.4, -0.2) is 9.76 Å². The van der Waals surface area contributed by atoms with Crippen LogP contribution in [0.5, 0.6) is 0 Å². The van der Waals surface area contributed by atoms with E-state index in [0.29, 0.717) is 0 Å². The molecule has 3 aromatic rings. The van der Waals surface area contributed by atoms with E-state index in [1.165, 1.54) is 5.56 Å². The number of aromatic nitrogens is 1. The largest absolute Gasteiger partial charge is 0.293 e. The highest BCUT2D eigenvalue weighted by Gasteiger charge is 2.13. The second kappa shape index (κ2) is 5.17. The van der Waals surface area contributed by atoms with Gasteiger partial charge in [-0.3, -0.25) is 8.77 Å². The number of benzene rings is 2. The normalized spacial score (nSPS) is 10.9. The number of nitrogens with zero attached hydrogens (tertiary/aromatic N) is 1. The fourth-order valence-electron chi connectivity index (χ4n) is 2.24. The predicted octanol–water partition coefficient (Wildman–Crippen LogP) is 4.71. The molecule has 0 bridgehead atoms. The maximum absolute atomic E-state index is 11.9. The monoisotopic (exact) mass is 281 g/mol. The van der Waals surface area contributed by atoms with Crippen LogP contribution in [0.2, 0.25) is 0 Å². The van der Waals surface area contributed by atoms with Gasteiger partial charge in [-0.15, -0.1) is 0 Å². The van der Waals surface area contributed by atoms with Crippen LogP contribution < -0.4 is 0 Å². The van der Waals surface area contributed by atoms with Gasteiger partial charge in [0.1, 0.15) is 0 Å². The van der Waals surface area contributed by atoms with E-state index in [2.05, 4.69) is 37.3 Å². The second-order valence-corrected chi connectivity index (χ2v) is 5.87. The molecule has 0 aliphatic heterocycles. The summed E-state index contributed by atoms with van der Waals surface area (Å²) in [6.07, 6.45) is 0. The second-order valence-electron chi connectivity index (χ2n) is 4.85. The van der Waals surface area contributed by atoms with Crippen LogP contribution in [-0.2, 0) is 0 Å². The molecule has 20 heavy (non-hydrogen) atoms. The van der Waals surface area contributed by atoms with Crippen LogP contribution >= 0.6 is 11.9 Å². The van der Waals surface area contributed by atoms with E-state index in [1.54, 1.807) is 18.9 Å². The zero-order chi connectivity index (χ0) is 14.1. The fraction of sp³-hybridized carbons (Fsp3) is 0.118. The van der Waals surface area contributed by atoms with Crippen molar-refractivity contribution in [1.29, 1.82) is 0 Å². The summed E-state index contributed by atoms with van der Waals surface area (Å²) < 4.78 is 2.02. The lowest BCUT2D eigenvalue weighted by Gasteiger charge is -2.07. The Morgan fingerprint density at radius 2 is 1.80 bits per heavy atom. The summed E-state index contributed by atoms with van der Waals surface area (Å²) >= 11 is 1.58. The highest BCUT2D eigenvalue weighted by Crippen LogP contribution is 2.30. The van der Waals surface area contributed by atoms with Crippen molar-refractivity contribution in [2.75, 3.05) is 0 Å². The van der Waals surface area contributed by atoms with Crippen molar-refractivity contribution in [1.82, 2.24) is 3.97 Å². The Bertz CT molecular complexity index is 774. The Morgan fingerprint density at radius 1 is 1.05 bits per heavy atom. The Kier molecular flexibility index (Phi) is 3.36. The van der Waals surface area contributed by atoms with Crippen LogP contribution in [0.25, 0.3) is 10.9 Å². The molecule has 1 heterocycles. The Morgan fingerprint density at radius 3 is 2.50 bits per heavy atom. The first kappa shape index (κ1) is 13.0. The van der Waals surface area contributed by atoms with Crippen molar-refractivity contribution >= 4 is 28.6 Å². The fourth-order valence-corrected chi connectivity index (χ4v) is 3.27. The number of hydrogen-bond acceptors (Lipinski definition) is 2. The van der Waals surface area contributed by atoms with Gasteiger partial charge < -0.3 is 0 Å². The van der Waals surface area contributed by atoms with E-state index < -0.39 is 0 Å². The van der Waals surface area contributed by atoms with Gasteiger partial charge in [-0.2, -0.15) is 0 Å². The van der Waals surface area contributed by atoms with Crippen molar-refractivity contribution < 1.29 is 4.79 Å². The van der Waals surface area contributed by atoms with Crippen molar-refractivity contribution in [2.24, 2.45) is 0 Å². The molecular weight excluding hydrogens is 266 g/mol. The molecule has 2 aromatic carbocycles. The molecule has 0 radical (unpaired) electrons. The molecule has 0 unspecified atom stereocenters. The van der Waals surface area contributed by atoms with Gasteiger partial charge in [0.2, 0.25) is 0 Å². The molecule has 3 heteroatoms. The number of carbonyl (C=O) groups is 1. The SMILES string of the molecule is CC(=O)c1cc2cc(C)ccc2n1Sc1ccccc1. The first-order chi connectivity index (χ1) is 9.65. The molecule has 0 aliphatic carbocycles. The Balaban J connectivity index is 2.16. The van der Waals surface area contributed by atoms with Crippen LogP contribution in [0.15, 0.2) is 59.5 Å². The summed E-state index contributed by atoms with van der Waals surface area (Å²) in [5, 5.41) is 1.11. The third-order valence-electron chi connectivity index (χ3n) is 3.21. The number of hydrogen-bond donors (Lipinski definition) is 0. The molecule has 0 amide bonds. The summed E-state index contributed by atoms with van der Waals surface area (Å²) in [4.78, 5) is 13.0. The molecule has 0 saturated carbocycles. The first-order valence-electron chi connectivity index (χ1n) is 6.51. The third-order valence-corrected chi connectivity index (χ3v) is 4.27. The van der Waals surface area contributed by atoms with E-state index in [-0.39, 0.29) is 5.78 Å². The van der Waals surface area contributed by atoms with Gasteiger partial charge in [0.15, 0.2) is 5.78 Å². The zero-order valence-electron chi connectivity index (χ0n) is 11.5. The molecule has 100 valence electrons. The smallest absolute Gasteiger partial charge is 0.177 e. The minimum absolute atomic E-state index is 0.0854. The maximum atomic E-state index is 11.9. The predicted molar refractivity (Wildman–Crippen MR) is 84.4 cm³/mol. The van der Waals surface area contributed by atoms with E-state index in [0.717, 1.165) is 21.5 Å². The maximum Gasteiger partial charge on any atom is 0.177 e. The average molecular weight is 281 g/mol. The highest BCUT2D eigenvalue weighted by atomic mass is 32.2. The van der Waals surface area contributed by atoms with Crippen LogP contribution in [0.4, 0.5) is 0 Å². The van der Waals surface area contributed by atoms with E-state index in [1.807, 2.05) is 28.2 Å². The number of ketones is 1. The lowest BCUT2D eigenvalue weighted by molar-refractivity contribution is 0.101. The van der Waals surface area contributed by atoms with Crippen molar-refractivity contribution in [3.8, 4) is 0 Å². The van der Waals surface area contributed by atoms with Gasteiger partial charge in [-0.1, -0.05) is 29.8 Å². The van der Waals surface area contributed by atoms with Crippen molar-refractivity contribution in [3.05, 3.63) is 65.9 Å². The summed E-state index contributed by atoms with van der Waals surface area (Å²) in [5.41, 5.74) is 3.02. The Hall–Kier alpha value is -2.00. The Labute approximate surface area is 122 Å².